The van der Waals surface area contributed by atoms with E-state index in [-0.39, 0.29) is 17.4 Å². The van der Waals surface area contributed by atoms with Gasteiger partial charge in [0.2, 0.25) is 0 Å². The molecule has 3 nitrogen and oxygen atoms in total. The molecule has 0 aliphatic carbocycles. The van der Waals surface area contributed by atoms with Crippen LogP contribution in [0, 0.1) is 6.92 Å². The third-order valence-corrected chi connectivity index (χ3v) is 3.54. The zero-order chi connectivity index (χ0) is 16.8. The molecule has 0 bridgehead atoms. The number of alkyl halides is 2. The smallest absolute Gasteiger partial charge is 0.387 e. The highest BCUT2D eigenvalue weighted by molar-refractivity contribution is 5.97. The summed E-state index contributed by atoms with van der Waals surface area (Å²) in [4.78, 5) is 12.4. The summed E-state index contributed by atoms with van der Waals surface area (Å²) in [5.41, 5.74) is 2.20. The average molecular weight is 319 g/mol. The molecule has 0 fully saturated rings. The maximum atomic E-state index is 12.4. The van der Waals surface area contributed by atoms with E-state index in [9.17, 15) is 13.6 Å². The minimum Gasteiger partial charge on any atom is -0.434 e. The van der Waals surface area contributed by atoms with Crippen molar-refractivity contribution in [3.63, 3.8) is 0 Å². The fourth-order valence-electron chi connectivity index (χ4n) is 2.31. The maximum Gasteiger partial charge on any atom is 0.387 e. The molecule has 0 aliphatic heterocycles. The first kappa shape index (κ1) is 16.9. The first-order valence-electron chi connectivity index (χ1n) is 7.42. The van der Waals surface area contributed by atoms with Crippen molar-refractivity contribution >= 4 is 5.91 Å². The predicted molar refractivity (Wildman–Crippen MR) is 84.8 cm³/mol. The molecular weight excluding hydrogens is 300 g/mol. The monoisotopic (exact) mass is 319 g/mol. The Kier molecular flexibility index (Phi) is 5.68. The highest BCUT2D eigenvalue weighted by Gasteiger charge is 2.18. The van der Waals surface area contributed by atoms with E-state index in [0.717, 1.165) is 11.1 Å². The average Bonchev–Trinajstić information content (AvgIpc) is 2.53. The molecular formula is C18H19F2NO2. The van der Waals surface area contributed by atoms with Crippen molar-refractivity contribution in [1.82, 2.24) is 5.32 Å². The number of hydrogen-bond acceptors (Lipinski definition) is 2. The van der Waals surface area contributed by atoms with Crippen LogP contribution in [0.1, 0.15) is 40.9 Å². The summed E-state index contributed by atoms with van der Waals surface area (Å²) in [6, 6.07) is 13.6. The lowest BCUT2D eigenvalue weighted by molar-refractivity contribution is -0.0501. The van der Waals surface area contributed by atoms with Crippen molar-refractivity contribution in [3.05, 3.63) is 65.2 Å². The van der Waals surface area contributed by atoms with Gasteiger partial charge in [0.25, 0.3) is 5.91 Å². The third kappa shape index (κ3) is 4.52. The van der Waals surface area contributed by atoms with Crippen LogP contribution in [0.3, 0.4) is 0 Å². The van der Waals surface area contributed by atoms with E-state index >= 15 is 0 Å². The van der Waals surface area contributed by atoms with E-state index in [4.69, 9.17) is 0 Å². The Morgan fingerprint density at radius 3 is 2.39 bits per heavy atom. The summed E-state index contributed by atoms with van der Waals surface area (Å²) in [6.45, 7) is 0.969. The van der Waals surface area contributed by atoms with Crippen LogP contribution >= 0.6 is 0 Å². The molecule has 2 rings (SSSR count). The molecule has 0 radical (unpaired) electrons. The number of ether oxygens (including phenoxy) is 1. The summed E-state index contributed by atoms with van der Waals surface area (Å²) < 4.78 is 29.3. The van der Waals surface area contributed by atoms with Gasteiger partial charge in [-0.05, 0) is 31.0 Å². The quantitative estimate of drug-likeness (QED) is 0.852. The van der Waals surface area contributed by atoms with Crippen molar-refractivity contribution in [3.8, 4) is 5.75 Å². The molecule has 1 atom stereocenters. The van der Waals surface area contributed by atoms with Crippen molar-refractivity contribution in [2.45, 2.75) is 32.9 Å². The van der Waals surface area contributed by atoms with Crippen LogP contribution in [-0.2, 0) is 0 Å². The number of halogens is 2. The summed E-state index contributed by atoms with van der Waals surface area (Å²) >= 11 is 0. The molecule has 2 aromatic rings. The standard InChI is InChI=1S/C18H19F2NO2/c1-3-15(13-10-8-12(2)9-11-13)21-17(22)14-6-4-5-7-16(14)23-18(19)20/h4-11,15,18H,3H2,1-2H3,(H,21,22)/t15-/m0/s1. The highest BCUT2D eigenvalue weighted by Crippen LogP contribution is 2.23. The molecule has 0 saturated heterocycles. The predicted octanol–water partition coefficient (Wildman–Crippen LogP) is 4.48. The number of amides is 1. The van der Waals surface area contributed by atoms with Crippen molar-refractivity contribution < 1.29 is 18.3 Å². The van der Waals surface area contributed by atoms with Crippen molar-refractivity contribution in [2.75, 3.05) is 0 Å². The van der Waals surface area contributed by atoms with Crippen LogP contribution in [0.5, 0.6) is 5.75 Å². The number of rotatable bonds is 6. The Hall–Kier alpha value is -2.43. The minimum absolute atomic E-state index is 0.0957. The molecule has 0 heterocycles. The van der Waals surface area contributed by atoms with E-state index in [1.54, 1.807) is 12.1 Å². The summed E-state index contributed by atoms with van der Waals surface area (Å²) in [6.07, 6.45) is 0.687. The summed E-state index contributed by atoms with van der Waals surface area (Å²) in [5.74, 6) is -0.563. The third-order valence-electron chi connectivity index (χ3n) is 3.54. The van der Waals surface area contributed by atoms with Gasteiger partial charge in [-0.2, -0.15) is 8.78 Å². The van der Waals surface area contributed by atoms with Gasteiger partial charge in [-0.3, -0.25) is 4.79 Å². The van der Waals surface area contributed by atoms with Gasteiger partial charge in [-0.15, -0.1) is 0 Å². The molecule has 23 heavy (non-hydrogen) atoms. The minimum atomic E-state index is -2.97. The van der Waals surface area contributed by atoms with Gasteiger partial charge >= 0.3 is 6.61 Å². The van der Waals surface area contributed by atoms with Crippen LogP contribution < -0.4 is 10.1 Å². The second-order valence-corrected chi connectivity index (χ2v) is 5.22. The number of aryl methyl sites for hydroxylation is 1. The Morgan fingerprint density at radius 2 is 1.78 bits per heavy atom. The normalized spacial score (nSPS) is 12.0. The van der Waals surface area contributed by atoms with Gasteiger partial charge in [0.05, 0.1) is 11.6 Å². The van der Waals surface area contributed by atoms with E-state index in [1.165, 1.54) is 12.1 Å². The van der Waals surface area contributed by atoms with E-state index in [2.05, 4.69) is 10.1 Å². The van der Waals surface area contributed by atoms with Crippen LogP contribution in [0.4, 0.5) is 8.78 Å². The zero-order valence-corrected chi connectivity index (χ0v) is 13.1. The molecule has 2 aromatic carbocycles. The number of nitrogens with one attached hydrogen (secondary N) is 1. The van der Waals surface area contributed by atoms with Crippen LogP contribution in [0.2, 0.25) is 0 Å². The van der Waals surface area contributed by atoms with Gasteiger partial charge in [-0.25, -0.2) is 0 Å². The van der Waals surface area contributed by atoms with E-state index in [0.29, 0.717) is 6.42 Å². The van der Waals surface area contributed by atoms with E-state index in [1.807, 2.05) is 38.1 Å². The van der Waals surface area contributed by atoms with Gasteiger partial charge in [0.15, 0.2) is 0 Å². The molecule has 0 saturated carbocycles. The van der Waals surface area contributed by atoms with Gasteiger partial charge in [-0.1, -0.05) is 48.9 Å². The zero-order valence-electron chi connectivity index (χ0n) is 13.1. The fourth-order valence-corrected chi connectivity index (χ4v) is 2.31. The van der Waals surface area contributed by atoms with Crippen molar-refractivity contribution in [2.24, 2.45) is 0 Å². The first-order chi connectivity index (χ1) is 11.0. The number of hydrogen-bond donors (Lipinski definition) is 1. The molecule has 122 valence electrons. The van der Waals surface area contributed by atoms with Gasteiger partial charge < -0.3 is 10.1 Å². The van der Waals surface area contributed by atoms with Gasteiger partial charge in [0.1, 0.15) is 5.75 Å². The first-order valence-corrected chi connectivity index (χ1v) is 7.42. The number of benzene rings is 2. The fraction of sp³-hybridized carbons (Fsp3) is 0.278. The SMILES string of the molecule is CC[C@H](NC(=O)c1ccccc1OC(F)F)c1ccc(C)cc1. The lowest BCUT2D eigenvalue weighted by atomic mass is 10.0. The molecule has 1 N–H and O–H groups in total. The summed E-state index contributed by atoms with van der Waals surface area (Å²) in [7, 11) is 0. The molecule has 0 spiro atoms. The Balaban J connectivity index is 2.18. The maximum absolute atomic E-state index is 12.4. The molecule has 5 heteroatoms. The van der Waals surface area contributed by atoms with Crippen LogP contribution in [0.15, 0.2) is 48.5 Å². The highest BCUT2D eigenvalue weighted by atomic mass is 19.3. The lowest BCUT2D eigenvalue weighted by Gasteiger charge is -2.19. The number of carbonyl (C=O) groups is 1. The van der Waals surface area contributed by atoms with Crippen molar-refractivity contribution in [1.29, 1.82) is 0 Å². The molecule has 0 aliphatic rings. The second-order valence-electron chi connectivity index (χ2n) is 5.22. The van der Waals surface area contributed by atoms with Crippen LogP contribution in [0.25, 0.3) is 0 Å². The summed E-state index contributed by atoms with van der Waals surface area (Å²) in [5, 5.41) is 2.87. The lowest BCUT2D eigenvalue weighted by Crippen LogP contribution is -2.28. The largest absolute Gasteiger partial charge is 0.434 e. The Labute approximate surface area is 134 Å². The van der Waals surface area contributed by atoms with Crippen LogP contribution in [-0.4, -0.2) is 12.5 Å². The topological polar surface area (TPSA) is 38.3 Å². The van der Waals surface area contributed by atoms with E-state index < -0.39 is 12.5 Å². The Morgan fingerprint density at radius 1 is 1.13 bits per heavy atom. The number of para-hydroxylation sites is 1. The molecule has 1 amide bonds. The Bertz CT molecular complexity index is 656. The molecule has 0 aromatic heterocycles. The molecule has 0 unspecified atom stereocenters. The number of carbonyl (C=O) groups excluding carboxylic acids is 1. The second kappa shape index (κ2) is 7.72. The van der Waals surface area contributed by atoms with Gasteiger partial charge in [0, 0.05) is 0 Å².